The molecule has 4 rings (SSSR count). The fourth-order valence-electron chi connectivity index (χ4n) is 4.56. The first-order valence-corrected chi connectivity index (χ1v) is 11.2. The van der Waals surface area contributed by atoms with Gasteiger partial charge in [-0.25, -0.2) is 0 Å². The number of hydrogen-bond donors (Lipinski definition) is 1. The first kappa shape index (κ1) is 21.8. The van der Waals surface area contributed by atoms with Gasteiger partial charge in [0.1, 0.15) is 11.8 Å². The number of ether oxygens (including phenoxy) is 2. The third-order valence-corrected chi connectivity index (χ3v) is 6.23. The molecule has 1 N–H and O–H groups in total. The number of rotatable bonds is 7. The van der Waals surface area contributed by atoms with Crippen molar-refractivity contribution in [3.63, 3.8) is 0 Å². The molecule has 6 nitrogen and oxygen atoms in total. The number of benzene rings is 2. The van der Waals surface area contributed by atoms with Gasteiger partial charge in [0.2, 0.25) is 5.91 Å². The van der Waals surface area contributed by atoms with E-state index in [0.717, 1.165) is 56.9 Å². The van der Waals surface area contributed by atoms with Crippen molar-refractivity contribution in [2.45, 2.75) is 31.9 Å². The molecule has 2 aliphatic heterocycles. The Labute approximate surface area is 185 Å². The van der Waals surface area contributed by atoms with E-state index in [1.165, 1.54) is 6.42 Å². The number of carbonyl (C=O) groups excluding carboxylic acids is 1. The summed E-state index contributed by atoms with van der Waals surface area (Å²) in [4.78, 5) is 18.3. The second-order valence-electron chi connectivity index (χ2n) is 8.48. The van der Waals surface area contributed by atoms with Crippen molar-refractivity contribution < 1.29 is 14.3 Å². The normalized spacial score (nSPS) is 21.0. The van der Waals surface area contributed by atoms with E-state index in [0.29, 0.717) is 17.5 Å². The van der Waals surface area contributed by atoms with E-state index in [9.17, 15) is 4.79 Å². The van der Waals surface area contributed by atoms with E-state index in [-0.39, 0.29) is 11.9 Å². The molecule has 166 valence electrons. The smallest absolute Gasteiger partial charge is 0.246 e. The van der Waals surface area contributed by atoms with Gasteiger partial charge in [0, 0.05) is 39.3 Å². The Bertz CT molecular complexity index is 860. The van der Waals surface area contributed by atoms with Gasteiger partial charge >= 0.3 is 0 Å². The second kappa shape index (κ2) is 10.3. The number of methoxy groups -OCH3 is 1. The van der Waals surface area contributed by atoms with E-state index in [1.54, 1.807) is 7.11 Å². The molecule has 0 radical (unpaired) electrons. The van der Waals surface area contributed by atoms with Crippen LogP contribution in [0.1, 0.15) is 30.0 Å². The van der Waals surface area contributed by atoms with Crippen LogP contribution in [0, 0.1) is 6.92 Å². The minimum absolute atomic E-state index is 0.0253. The SMILES string of the molecule is COc1ccc(C)cc1NC(=O)[C@@H](c1ccccc1)N1CCN(C[C@H]2CCCO2)CC1. The zero-order valence-electron chi connectivity index (χ0n) is 18.5. The average molecular weight is 424 g/mol. The lowest BCUT2D eigenvalue weighted by molar-refractivity contribution is -0.122. The summed E-state index contributed by atoms with van der Waals surface area (Å²) in [5.74, 6) is 0.648. The van der Waals surface area contributed by atoms with E-state index < -0.39 is 0 Å². The summed E-state index contributed by atoms with van der Waals surface area (Å²) >= 11 is 0. The molecule has 2 aromatic carbocycles. The van der Waals surface area contributed by atoms with Crippen LogP contribution in [0.4, 0.5) is 5.69 Å². The fraction of sp³-hybridized carbons (Fsp3) is 0.480. The monoisotopic (exact) mass is 423 g/mol. The third kappa shape index (κ3) is 5.45. The molecule has 2 aliphatic rings. The molecule has 0 spiro atoms. The van der Waals surface area contributed by atoms with E-state index >= 15 is 0 Å². The highest BCUT2D eigenvalue weighted by Gasteiger charge is 2.32. The van der Waals surface area contributed by atoms with Crippen LogP contribution in [-0.4, -0.2) is 68.3 Å². The Hall–Kier alpha value is -2.41. The summed E-state index contributed by atoms with van der Waals surface area (Å²) in [6.45, 7) is 7.50. The van der Waals surface area contributed by atoms with Crippen LogP contribution >= 0.6 is 0 Å². The fourth-order valence-corrected chi connectivity index (χ4v) is 4.56. The molecule has 6 heteroatoms. The number of piperazine rings is 1. The molecule has 2 aromatic rings. The average Bonchev–Trinajstić information content (AvgIpc) is 3.29. The van der Waals surface area contributed by atoms with E-state index in [1.807, 2.05) is 55.5 Å². The van der Waals surface area contributed by atoms with Crippen LogP contribution in [-0.2, 0) is 9.53 Å². The van der Waals surface area contributed by atoms with Crippen molar-refractivity contribution in [2.24, 2.45) is 0 Å². The zero-order chi connectivity index (χ0) is 21.6. The molecule has 2 heterocycles. The predicted molar refractivity (Wildman–Crippen MR) is 123 cm³/mol. The second-order valence-corrected chi connectivity index (χ2v) is 8.48. The van der Waals surface area contributed by atoms with Gasteiger partial charge in [-0.05, 0) is 43.0 Å². The van der Waals surface area contributed by atoms with Crippen molar-refractivity contribution in [3.8, 4) is 5.75 Å². The van der Waals surface area contributed by atoms with Gasteiger partial charge in [-0.3, -0.25) is 14.6 Å². The highest BCUT2D eigenvalue weighted by molar-refractivity contribution is 5.96. The maximum atomic E-state index is 13.5. The molecular formula is C25H33N3O3. The quantitative estimate of drug-likeness (QED) is 0.739. The summed E-state index contributed by atoms with van der Waals surface area (Å²) in [7, 11) is 1.63. The summed E-state index contributed by atoms with van der Waals surface area (Å²) in [5, 5.41) is 3.13. The summed E-state index contributed by atoms with van der Waals surface area (Å²) in [6, 6.07) is 15.6. The highest BCUT2D eigenvalue weighted by atomic mass is 16.5. The zero-order valence-corrected chi connectivity index (χ0v) is 18.5. The lowest BCUT2D eigenvalue weighted by atomic mass is 10.0. The number of nitrogens with zero attached hydrogens (tertiary/aromatic N) is 2. The van der Waals surface area contributed by atoms with Crippen LogP contribution in [0.5, 0.6) is 5.75 Å². The largest absolute Gasteiger partial charge is 0.495 e. The number of hydrogen-bond acceptors (Lipinski definition) is 5. The number of aryl methyl sites for hydroxylation is 1. The molecule has 31 heavy (non-hydrogen) atoms. The van der Waals surface area contributed by atoms with E-state index in [4.69, 9.17) is 9.47 Å². The molecule has 2 fully saturated rings. The van der Waals surface area contributed by atoms with Crippen LogP contribution in [0.2, 0.25) is 0 Å². The van der Waals surface area contributed by atoms with Crippen molar-refractivity contribution >= 4 is 11.6 Å². The molecule has 1 amide bonds. The number of nitrogens with one attached hydrogen (secondary N) is 1. The molecule has 0 aromatic heterocycles. The van der Waals surface area contributed by atoms with Crippen LogP contribution in [0.15, 0.2) is 48.5 Å². The molecule has 0 saturated carbocycles. The minimum atomic E-state index is -0.337. The van der Waals surface area contributed by atoms with Crippen LogP contribution in [0.25, 0.3) is 0 Å². The number of carbonyl (C=O) groups is 1. The number of amides is 1. The standard InChI is InChI=1S/C25H33N3O3/c1-19-10-11-23(30-2)22(17-19)26-25(29)24(20-7-4-3-5-8-20)28-14-12-27(13-15-28)18-21-9-6-16-31-21/h3-5,7-8,10-11,17,21,24H,6,9,12-16,18H2,1-2H3,(H,26,29)/t21-,24-/m1/s1. The van der Waals surface area contributed by atoms with Crippen molar-refractivity contribution in [1.29, 1.82) is 0 Å². The first-order valence-electron chi connectivity index (χ1n) is 11.2. The molecule has 2 atom stereocenters. The van der Waals surface area contributed by atoms with Gasteiger partial charge in [0.15, 0.2) is 0 Å². The van der Waals surface area contributed by atoms with Gasteiger partial charge in [0.25, 0.3) is 0 Å². The topological polar surface area (TPSA) is 54.0 Å². The van der Waals surface area contributed by atoms with Gasteiger partial charge in [-0.15, -0.1) is 0 Å². The van der Waals surface area contributed by atoms with E-state index in [2.05, 4.69) is 15.1 Å². The molecule has 0 bridgehead atoms. The lowest BCUT2D eigenvalue weighted by Gasteiger charge is -2.39. The van der Waals surface area contributed by atoms with Gasteiger partial charge in [-0.2, -0.15) is 0 Å². The molecule has 0 aliphatic carbocycles. The lowest BCUT2D eigenvalue weighted by Crippen LogP contribution is -2.51. The van der Waals surface area contributed by atoms with Gasteiger partial charge < -0.3 is 14.8 Å². The number of anilines is 1. The van der Waals surface area contributed by atoms with Crippen LogP contribution in [0.3, 0.4) is 0 Å². The Morgan fingerprint density at radius 1 is 1.16 bits per heavy atom. The Balaban J connectivity index is 1.48. The Morgan fingerprint density at radius 3 is 2.61 bits per heavy atom. The maximum Gasteiger partial charge on any atom is 0.246 e. The Kier molecular flexibility index (Phi) is 7.22. The van der Waals surface area contributed by atoms with Crippen molar-refractivity contribution in [2.75, 3.05) is 51.8 Å². The summed E-state index contributed by atoms with van der Waals surface area (Å²) < 4.78 is 11.3. The predicted octanol–water partition coefficient (Wildman–Crippen LogP) is 3.48. The minimum Gasteiger partial charge on any atom is -0.495 e. The summed E-state index contributed by atoms with van der Waals surface area (Å²) in [6.07, 6.45) is 2.70. The Morgan fingerprint density at radius 2 is 1.94 bits per heavy atom. The van der Waals surface area contributed by atoms with Crippen molar-refractivity contribution in [3.05, 3.63) is 59.7 Å². The maximum absolute atomic E-state index is 13.5. The van der Waals surface area contributed by atoms with Crippen molar-refractivity contribution in [1.82, 2.24) is 9.80 Å². The molecular weight excluding hydrogens is 390 g/mol. The van der Waals surface area contributed by atoms with Gasteiger partial charge in [0.05, 0.1) is 18.9 Å². The van der Waals surface area contributed by atoms with Gasteiger partial charge in [-0.1, -0.05) is 36.4 Å². The van der Waals surface area contributed by atoms with Crippen LogP contribution < -0.4 is 10.1 Å². The molecule has 2 saturated heterocycles. The summed E-state index contributed by atoms with van der Waals surface area (Å²) in [5.41, 5.74) is 2.81. The molecule has 0 unspecified atom stereocenters. The third-order valence-electron chi connectivity index (χ3n) is 6.23. The highest BCUT2D eigenvalue weighted by Crippen LogP contribution is 2.29. The first-order chi connectivity index (χ1) is 15.1.